The second kappa shape index (κ2) is 5.03. The fourth-order valence-electron chi connectivity index (χ4n) is 1.87. The van der Waals surface area contributed by atoms with Crippen LogP contribution in [-0.2, 0) is 6.42 Å². The van der Waals surface area contributed by atoms with Crippen LogP contribution in [0.1, 0.15) is 16.7 Å². The lowest BCUT2D eigenvalue weighted by molar-refractivity contribution is 0.393. The van der Waals surface area contributed by atoms with Crippen molar-refractivity contribution in [2.24, 2.45) is 5.73 Å². The standard InChI is InChI=1S/C12H19NO2/c1-8-7-11(14-3)9(2)10(5-6-13)12(8)15-4/h7H,5-6,13H2,1-4H3. The van der Waals surface area contributed by atoms with Gasteiger partial charge >= 0.3 is 0 Å². The molecule has 0 heterocycles. The van der Waals surface area contributed by atoms with Crippen LogP contribution in [0.25, 0.3) is 0 Å². The van der Waals surface area contributed by atoms with Crippen LogP contribution in [0.2, 0.25) is 0 Å². The van der Waals surface area contributed by atoms with Gasteiger partial charge in [0.25, 0.3) is 0 Å². The van der Waals surface area contributed by atoms with Crippen LogP contribution >= 0.6 is 0 Å². The SMILES string of the molecule is COc1cc(C)c(OC)c(CCN)c1C. The van der Waals surface area contributed by atoms with Gasteiger partial charge in [0, 0.05) is 5.56 Å². The molecule has 0 spiro atoms. The first-order valence-corrected chi connectivity index (χ1v) is 5.06. The molecule has 1 aromatic rings. The van der Waals surface area contributed by atoms with Gasteiger partial charge in [-0.25, -0.2) is 0 Å². The summed E-state index contributed by atoms with van der Waals surface area (Å²) >= 11 is 0. The van der Waals surface area contributed by atoms with E-state index < -0.39 is 0 Å². The summed E-state index contributed by atoms with van der Waals surface area (Å²) in [4.78, 5) is 0. The van der Waals surface area contributed by atoms with Gasteiger partial charge in [0.05, 0.1) is 14.2 Å². The molecule has 3 nitrogen and oxygen atoms in total. The molecule has 0 aromatic heterocycles. The Morgan fingerprint density at radius 2 is 1.87 bits per heavy atom. The molecule has 0 saturated carbocycles. The van der Waals surface area contributed by atoms with Crippen LogP contribution in [0.3, 0.4) is 0 Å². The third-order valence-corrected chi connectivity index (χ3v) is 2.62. The first kappa shape index (κ1) is 11.9. The highest BCUT2D eigenvalue weighted by atomic mass is 16.5. The van der Waals surface area contributed by atoms with E-state index in [4.69, 9.17) is 15.2 Å². The van der Waals surface area contributed by atoms with Crippen molar-refractivity contribution in [2.75, 3.05) is 20.8 Å². The van der Waals surface area contributed by atoms with Gasteiger partial charge in [0.2, 0.25) is 0 Å². The molecule has 0 amide bonds. The lowest BCUT2D eigenvalue weighted by atomic mass is 10.00. The van der Waals surface area contributed by atoms with Gasteiger partial charge in [-0.2, -0.15) is 0 Å². The maximum Gasteiger partial charge on any atom is 0.125 e. The number of hydrogen-bond acceptors (Lipinski definition) is 3. The Morgan fingerprint density at radius 1 is 1.20 bits per heavy atom. The minimum atomic E-state index is 0.615. The fourth-order valence-corrected chi connectivity index (χ4v) is 1.87. The van der Waals surface area contributed by atoms with E-state index in [1.807, 2.05) is 19.9 Å². The predicted octanol–water partition coefficient (Wildman–Crippen LogP) is 1.82. The summed E-state index contributed by atoms with van der Waals surface area (Å²) < 4.78 is 10.7. The van der Waals surface area contributed by atoms with Crippen LogP contribution in [0.15, 0.2) is 6.07 Å². The van der Waals surface area contributed by atoms with Crippen molar-refractivity contribution in [2.45, 2.75) is 20.3 Å². The van der Waals surface area contributed by atoms with E-state index >= 15 is 0 Å². The van der Waals surface area contributed by atoms with E-state index in [-0.39, 0.29) is 0 Å². The van der Waals surface area contributed by atoms with Crippen LogP contribution in [-0.4, -0.2) is 20.8 Å². The summed E-state index contributed by atoms with van der Waals surface area (Å²) in [6.45, 7) is 4.66. The number of rotatable bonds is 4. The average molecular weight is 209 g/mol. The van der Waals surface area contributed by atoms with Gasteiger partial charge in [-0.3, -0.25) is 0 Å². The van der Waals surface area contributed by atoms with Gasteiger partial charge in [0.1, 0.15) is 11.5 Å². The van der Waals surface area contributed by atoms with Gasteiger partial charge in [-0.1, -0.05) is 0 Å². The Morgan fingerprint density at radius 3 is 2.33 bits per heavy atom. The Kier molecular flexibility index (Phi) is 3.97. The van der Waals surface area contributed by atoms with E-state index in [9.17, 15) is 0 Å². The first-order valence-electron chi connectivity index (χ1n) is 5.06. The Hall–Kier alpha value is -1.22. The van der Waals surface area contributed by atoms with Crippen molar-refractivity contribution >= 4 is 0 Å². The summed E-state index contributed by atoms with van der Waals surface area (Å²) in [7, 11) is 3.37. The molecule has 0 atom stereocenters. The zero-order chi connectivity index (χ0) is 11.4. The van der Waals surface area contributed by atoms with Gasteiger partial charge < -0.3 is 15.2 Å². The second-order valence-corrected chi connectivity index (χ2v) is 3.57. The van der Waals surface area contributed by atoms with E-state index in [0.29, 0.717) is 6.54 Å². The van der Waals surface area contributed by atoms with Crippen LogP contribution in [0.5, 0.6) is 11.5 Å². The van der Waals surface area contributed by atoms with Crippen molar-refractivity contribution in [1.29, 1.82) is 0 Å². The number of hydrogen-bond donors (Lipinski definition) is 1. The van der Waals surface area contributed by atoms with Gasteiger partial charge in [-0.15, -0.1) is 0 Å². The summed E-state index contributed by atoms with van der Waals surface area (Å²) in [5, 5.41) is 0. The molecule has 0 aliphatic rings. The summed E-state index contributed by atoms with van der Waals surface area (Å²) in [5.41, 5.74) is 8.95. The molecular formula is C12H19NO2. The highest BCUT2D eigenvalue weighted by Crippen LogP contribution is 2.33. The van der Waals surface area contributed by atoms with E-state index in [1.54, 1.807) is 14.2 Å². The Balaban J connectivity index is 3.33. The molecular weight excluding hydrogens is 190 g/mol. The molecule has 0 aliphatic heterocycles. The topological polar surface area (TPSA) is 44.5 Å². The smallest absolute Gasteiger partial charge is 0.125 e. The van der Waals surface area contributed by atoms with Crippen molar-refractivity contribution in [1.82, 2.24) is 0 Å². The molecule has 0 bridgehead atoms. The van der Waals surface area contributed by atoms with Crippen LogP contribution < -0.4 is 15.2 Å². The number of aryl methyl sites for hydroxylation is 1. The molecule has 0 radical (unpaired) electrons. The minimum absolute atomic E-state index is 0.615. The number of ether oxygens (including phenoxy) is 2. The van der Waals surface area contributed by atoms with Gasteiger partial charge in [0.15, 0.2) is 0 Å². The van der Waals surface area contributed by atoms with Crippen molar-refractivity contribution in [3.8, 4) is 11.5 Å². The lowest BCUT2D eigenvalue weighted by Gasteiger charge is -2.16. The summed E-state index contributed by atoms with van der Waals surface area (Å²) in [6.07, 6.45) is 0.813. The summed E-state index contributed by atoms with van der Waals surface area (Å²) in [5.74, 6) is 1.83. The molecule has 0 aliphatic carbocycles. The van der Waals surface area contributed by atoms with E-state index in [2.05, 4.69) is 0 Å². The molecule has 1 rings (SSSR count). The van der Waals surface area contributed by atoms with Crippen molar-refractivity contribution < 1.29 is 9.47 Å². The first-order chi connectivity index (χ1) is 7.15. The monoisotopic (exact) mass is 209 g/mol. The molecule has 0 fully saturated rings. The molecule has 0 saturated heterocycles. The zero-order valence-corrected chi connectivity index (χ0v) is 9.89. The molecule has 3 heteroatoms. The molecule has 1 aromatic carbocycles. The third kappa shape index (κ3) is 2.23. The molecule has 84 valence electrons. The quantitative estimate of drug-likeness (QED) is 0.822. The molecule has 0 unspecified atom stereocenters. The average Bonchev–Trinajstić information content (AvgIpc) is 2.23. The van der Waals surface area contributed by atoms with Crippen molar-refractivity contribution in [3.05, 3.63) is 22.8 Å². The normalized spacial score (nSPS) is 10.2. The Labute approximate surface area is 91.2 Å². The maximum atomic E-state index is 5.60. The van der Waals surface area contributed by atoms with E-state index in [0.717, 1.165) is 34.6 Å². The number of nitrogens with two attached hydrogens (primary N) is 1. The van der Waals surface area contributed by atoms with Gasteiger partial charge in [-0.05, 0) is 44.0 Å². The predicted molar refractivity (Wildman–Crippen MR) is 61.8 cm³/mol. The minimum Gasteiger partial charge on any atom is -0.496 e. The number of benzene rings is 1. The van der Waals surface area contributed by atoms with E-state index in [1.165, 1.54) is 0 Å². The highest BCUT2D eigenvalue weighted by Gasteiger charge is 2.13. The van der Waals surface area contributed by atoms with Crippen molar-refractivity contribution in [3.63, 3.8) is 0 Å². The van der Waals surface area contributed by atoms with Crippen LogP contribution in [0.4, 0.5) is 0 Å². The highest BCUT2D eigenvalue weighted by molar-refractivity contribution is 5.52. The number of methoxy groups -OCH3 is 2. The lowest BCUT2D eigenvalue weighted by Crippen LogP contribution is -2.07. The Bertz CT molecular complexity index is 348. The second-order valence-electron chi connectivity index (χ2n) is 3.57. The third-order valence-electron chi connectivity index (χ3n) is 2.62. The zero-order valence-electron chi connectivity index (χ0n) is 9.89. The molecule has 15 heavy (non-hydrogen) atoms. The molecule has 2 N–H and O–H groups in total. The fraction of sp³-hybridized carbons (Fsp3) is 0.500. The summed E-state index contributed by atoms with van der Waals surface area (Å²) in [6, 6.07) is 1.99. The maximum absolute atomic E-state index is 5.60. The largest absolute Gasteiger partial charge is 0.496 e. The van der Waals surface area contributed by atoms with Crippen LogP contribution in [0, 0.1) is 13.8 Å².